The Morgan fingerprint density at radius 2 is 0.355 bits per heavy atom. The molecule has 14 heteroatoms. The number of benzene rings is 8. The van der Waals surface area contributed by atoms with Crippen LogP contribution in [0.4, 0.5) is 0 Å². The molecule has 1 aliphatic heterocycles. The van der Waals surface area contributed by atoms with E-state index < -0.39 is 62.0 Å². The van der Waals surface area contributed by atoms with E-state index in [9.17, 15) is 0 Å². The molecule has 0 amide bonds. The molecule has 1 saturated heterocycles. The van der Waals surface area contributed by atoms with E-state index in [0.29, 0.717) is 0 Å². The fourth-order valence-electron chi connectivity index (χ4n) is 8.01. The lowest BCUT2D eigenvalue weighted by atomic mass is 10.4. The van der Waals surface area contributed by atoms with E-state index in [1.165, 1.54) is 0 Å². The normalized spacial score (nSPS) is 17.3. The van der Waals surface area contributed by atoms with Crippen LogP contribution in [0.2, 0.25) is 0 Å². The van der Waals surface area contributed by atoms with Crippen LogP contribution in [0.5, 0.6) is 0 Å². The lowest BCUT2D eigenvalue weighted by Gasteiger charge is -2.47. The Hall–Kier alpha value is -3.97. The fourth-order valence-corrected chi connectivity index (χ4v) is 38.2. The van der Waals surface area contributed by atoms with Crippen molar-refractivity contribution in [2.45, 2.75) is 0 Å². The highest BCUT2D eigenvalue weighted by Crippen LogP contribution is 2.29. The average molecular weight is 950 g/mol. The van der Waals surface area contributed by atoms with Crippen molar-refractivity contribution in [3.63, 3.8) is 0 Å². The summed E-state index contributed by atoms with van der Waals surface area (Å²) >= 11 is -6.86. The van der Waals surface area contributed by atoms with Gasteiger partial charge in [0.15, 0.2) is 0 Å². The molecule has 8 aromatic rings. The second-order valence-electron chi connectivity index (χ2n) is 14.6. The van der Waals surface area contributed by atoms with Crippen LogP contribution in [-0.4, -0.2) is 62.0 Å². The van der Waals surface area contributed by atoms with Gasteiger partial charge in [-0.25, -0.2) is 0 Å². The van der Waals surface area contributed by atoms with E-state index in [0.717, 1.165) is 41.5 Å². The van der Waals surface area contributed by atoms with E-state index >= 15 is 0 Å². The van der Waals surface area contributed by atoms with Crippen molar-refractivity contribution in [2.24, 2.45) is 0 Å². The first kappa shape index (κ1) is 43.3. The van der Waals surface area contributed by atoms with Crippen molar-refractivity contribution in [3.05, 3.63) is 243 Å². The smallest absolute Gasteiger partial charge is 0.484 e. The number of halogens is 2. The van der Waals surface area contributed by atoms with Gasteiger partial charge >= 0.3 is 62.0 Å². The van der Waals surface area contributed by atoms with Crippen LogP contribution < -0.4 is 41.5 Å². The Kier molecular flexibility index (Phi) is 13.6. The first-order chi connectivity index (χ1) is 30.5. The van der Waals surface area contributed by atoms with Gasteiger partial charge < -0.3 is 22.1 Å². The summed E-state index contributed by atoms with van der Waals surface area (Å²) < 4.78 is 46.8. The zero-order chi connectivity index (χ0) is 42.3. The summed E-state index contributed by atoms with van der Waals surface area (Å²) in [5.74, 6) is 0. The summed E-state index contributed by atoms with van der Waals surface area (Å²) in [6.45, 7) is 0. The molecule has 9 rings (SSSR count). The summed E-state index contributed by atoms with van der Waals surface area (Å²) in [4.78, 5) is 0. The summed E-state index contributed by atoms with van der Waals surface area (Å²) in [5, 5.41) is 6.64. The zero-order valence-electron chi connectivity index (χ0n) is 33.5. The molecule has 62 heavy (non-hydrogen) atoms. The number of hydrogen-bond donors (Lipinski definition) is 0. The van der Waals surface area contributed by atoms with Crippen molar-refractivity contribution in [1.82, 2.24) is 0 Å². The third kappa shape index (κ3) is 8.65. The van der Waals surface area contributed by atoms with E-state index in [2.05, 4.69) is 0 Å². The van der Waals surface area contributed by atoms with Crippen LogP contribution >= 0.6 is 20.1 Å². The molecular weight excluding hydrogens is 910 g/mol. The molecule has 0 spiro atoms. The lowest BCUT2D eigenvalue weighted by molar-refractivity contribution is 0.287. The Morgan fingerprint density at radius 1 is 0.226 bits per heavy atom. The van der Waals surface area contributed by atoms with Gasteiger partial charge in [0.05, 0.1) is 0 Å². The van der Waals surface area contributed by atoms with Crippen molar-refractivity contribution in [2.75, 3.05) is 0 Å². The number of rotatable bonds is 8. The van der Waals surface area contributed by atoms with Crippen molar-refractivity contribution >= 4 is 124 Å². The SMILES string of the molecule is [Cl][Al]1[O][Si](c2ccccc2)(c2ccccc2)O[Si](c2ccccc2)(c2ccccc2)[O][Al]([Cl])[O][Si](c2ccccc2)(c2ccccc2)O[Si](c2ccccc2)(c2ccccc2)[O]1. The third-order valence-corrected chi connectivity index (χ3v) is 35.7. The monoisotopic (exact) mass is 948 g/mol. The lowest BCUT2D eigenvalue weighted by Crippen LogP contribution is -2.80. The maximum atomic E-state index is 8.11. The Balaban J connectivity index is 1.39. The van der Waals surface area contributed by atoms with Crippen molar-refractivity contribution in [3.8, 4) is 0 Å². The molecule has 0 saturated carbocycles. The highest BCUT2D eigenvalue weighted by molar-refractivity contribution is 7.17. The summed E-state index contributed by atoms with van der Waals surface area (Å²) in [5.41, 5.74) is 0. The van der Waals surface area contributed by atoms with Crippen LogP contribution in [0.25, 0.3) is 0 Å². The minimum atomic E-state index is -4.00. The molecule has 1 heterocycles. The topological polar surface area (TPSA) is 55.4 Å². The molecule has 0 aromatic heterocycles. The van der Waals surface area contributed by atoms with Gasteiger partial charge in [-0.15, -0.1) is 0 Å². The van der Waals surface area contributed by atoms with Crippen LogP contribution in [0.3, 0.4) is 0 Å². The van der Waals surface area contributed by atoms with Gasteiger partial charge in [-0.05, 0) is 41.5 Å². The molecule has 0 atom stereocenters. The highest BCUT2D eigenvalue weighted by Gasteiger charge is 2.63. The van der Waals surface area contributed by atoms with Crippen LogP contribution in [0, 0.1) is 0 Å². The van der Waals surface area contributed by atoms with Crippen molar-refractivity contribution in [1.29, 1.82) is 0 Å². The van der Waals surface area contributed by atoms with E-state index in [4.69, 9.17) is 42.2 Å². The second kappa shape index (κ2) is 19.4. The fraction of sp³-hybridized carbons (Fsp3) is 0. The highest BCUT2D eigenvalue weighted by atomic mass is 35.6. The second-order valence-corrected chi connectivity index (χ2v) is 32.8. The van der Waals surface area contributed by atoms with Gasteiger partial charge in [-0.1, -0.05) is 243 Å². The molecule has 6 nitrogen and oxygen atoms in total. The van der Waals surface area contributed by atoms with Gasteiger partial charge in [0.2, 0.25) is 0 Å². The zero-order valence-corrected chi connectivity index (χ0v) is 41.3. The standard InChI is InChI=1S/2C24H20O3Si2.2Al.2ClH/c2*25-28(21-13-5-1-6-14-21,22-15-7-2-8-16-22)27-29(26,23-17-9-3-10-18-23)24-19-11-4-12-20-24;;;;/h2*1-20H;;;2*1H/q2*-2;2*+3;;/p-2. The predicted molar refractivity (Wildman–Crippen MR) is 261 cm³/mol. The predicted octanol–water partition coefficient (Wildman–Crippen LogP) is 5.57. The van der Waals surface area contributed by atoms with Gasteiger partial charge in [0.25, 0.3) is 0 Å². The molecule has 8 aromatic carbocycles. The van der Waals surface area contributed by atoms with Gasteiger partial charge in [0.1, 0.15) is 0 Å². The number of hydrogen-bond acceptors (Lipinski definition) is 6. The maximum Gasteiger partial charge on any atom is 0.794 e. The third-order valence-electron chi connectivity index (χ3n) is 10.8. The molecule has 304 valence electrons. The maximum absolute atomic E-state index is 8.11. The summed E-state index contributed by atoms with van der Waals surface area (Å²) in [7, 11) is -0.187. The summed E-state index contributed by atoms with van der Waals surface area (Å²) in [6.07, 6.45) is 0. The first-order valence-corrected chi connectivity index (χ1v) is 32.9. The molecular formula is C48H40Al2Cl2O6Si4. The average Bonchev–Trinajstić information content (AvgIpc) is 3.35. The molecule has 0 N–H and O–H groups in total. The largest absolute Gasteiger partial charge is 0.794 e. The van der Waals surface area contributed by atoms with Crippen LogP contribution in [0.15, 0.2) is 243 Å². The molecule has 0 radical (unpaired) electrons. The minimum Gasteiger partial charge on any atom is -0.484 e. The molecule has 0 unspecified atom stereocenters. The van der Waals surface area contributed by atoms with Crippen LogP contribution in [0.1, 0.15) is 0 Å². The first-order valence-electron chi connectivity index (χ1n) is 20.3. The molecule has 0 bridgehead atoms. The van der Waals surface area contributed by atoms with E-state index in [-0.39, 0.29) is 0 Å². The van der Waals surface area contributed by atoms with Gasteiger partial charge in [-0.2, -0.15) is 20.1 Å². The Labute approximate surface area is 385 Å². The summed E-state index contributed by atoms with van der Waals surface area (Å²) in [6, 6.07) is 80.5. The van der Waals surface area contributed by atoms with E-state index in [1.807, 2.05) is 243 Å². The quantitative estimate of drug-likeness (QED) is 0.186. The molecule has 1 aliphatic rings. The Morgan fingerprint density at radius 3 is 0.484 bits per heavy atom. The minimum absolute atomic E-state index is 0.830. The van der Waals surface area contributed by atoms with E-state index in [1.54, 1.807) is 0 Å². The van der Waals surface area contributed by atoms with Crippen LogP contribution in [-0.2, 0) is 22.1 Å². The van der Waals surface area contributed by atoms with Crippen molar-refractivity contribution < 1.29 is 22.1 Å². The molecule has 1 fully saturated rings. The van der Waals surface area contributed by atoms with Gasteiger partial charge in [0, 0.05) is 0 Å². The Bertz CT molecular complexity index is 2120. The van der Waals surface area contributed by atoms with Gasteiger partial charge in [-0.3, -0.25) is 0 Å². The molecule has 0 aliphatic carbocycles.